The summed E-state index contributed by atoms with van der Waals surface area (Å²) < 4.78 is 25.2. The molecule has 3 unspecified atom stereocenters. The Kier molecular flexibility index (Phi) is 6.51. The number of nitrogens with zero attached hydrogens (tertiary/aromatic N) is 1. The summed E-state index contributed by atoms with van der Waals surface area (Å²) in [5, 5.41) is 3.36. The van der Waals surface area contributed by atoms with Crippen molar-refractivity contribution in [1.29, 1.82) is 0 Å². The molecule has 2 fully saturated rings. The lowest BCUT2D eigenvalue weighted by Crippen LogP contribution is -2.40. The first-order valence-corrected chi connectivity index (χ1v) is 10.4. The lowest BCUT2D eigenvalue weighted by Gasteiger charge is -2.35. The van der Waals surface area contributed by atoms with Crippen molar-refractivity contribution in [2.45, 2.75) is 51.4 Å². The van der Waals surface area contributed by atoms with E-state index >= 15 is 0 Å². The van der Waals surface area contributed by atoms with Gasteiger partial charge in [-0.1, -0.05) is 25.7 Å². The van der Waals surface area contributed by atoms with Crippen LogP contribution < -0.4 is 5.32 Å². The highest BCUT2D eigenvalue weighted by atomic mass is 32.2. The molecule has 5 heteroatoms. The van der Waals surface area contributed by atoms with Crippen molar-refractivity contribution in [1.82, 2.24) is 9.62 Å². The molecule has 1 aliphatic carbocycles. The van der Waals surface area contributed by atoms with Crippen molar-refractivity contribution in [3.05, 3.63) is 0 Å². The average molecular weight is 317 g/mol. The molecule has 2 rings (SSSR count). The molecule has 1 aliphatic heterocycles. The summed E-state index contributed by atoms with van der Waals surface area (Å²) in [7, 11) is -0.960. The van der Waals surface area contributed by atoms with Gasteiger partial charge in [0.05, 0.1) is 6.26 Å². The molecule has 1 saturated heterocycles. The molecule has 4 nitrogen and oxygen atoms in total. The van der Waals surface area contributed by atoms with Gasteiger partial charge in [0.2, 0.25) is 10.0 Å². The van der Waals surface area contributed by atoms with E-state index in [-0.39, 0.29) is 0 Å². The fourth-order valence-corrected chi connectivity index (χ4v) is 5.19. The van der Waals surface area contributed by atoms with Gasteiger partial charge >= 0.3 is 0 Å². The molecular weight excluding hydrogens is 284 g/mol. The minimum atomic E-state index is -3.01. The Labute approximate surface area is 130 Å². The van der Waals surface area contributed by atoms with Gasteiger partial charge in [0, 0.05) is 13.1 Å². The molecule has 1 N–H and O–H groups in total. The van der Waals surface area contributed by atoms with Gasteiger partial charge in [-0.25, -0.2) is 12.7 Å². The Hall–Kier alpha value is -0.130. The quantitative estimate of drug-likeness (QED) is 0.793. The minimum Gasteiger partial charge on any atom is -0.319 e. The summed E-state index contributed by atoms with van der Waals surface area (Å²) in [6.45, 7) is 2.59. The zero-order valence-electron chi connectivity index (χ0n) is 13.7. The molecule has 3 atom stereocenters. The third kappa shape index (κ3) is 5.22. The van der Waals surface area contributed by atoms with E-state index in [1.807, 2.05) is 7.05 Å². The number of nitrogens with one attached hydrogen (secondary N) is 1. The van der Waals surface area contributed by atoms with Crippen molar-refractivity contribution >= 4 is 10.0 Å². The molecule has 2 aliphatic rings. The molecule has 1 saturated carbocycles. The molecule has 1 heterocycles. The van der Waals surface area contributed by atoms with Crippen LogP contribution in [0.25, 0.3) is 0 Å². The third-order valence-electron chi connectivity index (χ3n) is 5.37. The number of piperidine rings is 1. The van der Waals surface area contributed by atoms with Gasteiger partial charge in [0.1, 0.15) is 0 Å². The molecule has 0 aromatic rings. The molecule has 21 heavy (non-hydrogen) atoms. The van der Waals surface area contributed by atoms with Crippen LogP contribution in [0.1, 0.15) is 51.4 Å². The van der Waals surface area contributed by atoms with E-state index < -0.39 is 10.0 Å². The molecule has 0 spiro atoms. The van der Waals surface area contributed by atoms with E-state index in [4.69, 9.17) is 0 Å². The minimum absolute atomic E-state index is 0.566. The molecule has 0 aromatic heterocycles. The maximum Gasteiger partial charge on any atom is 0.211 e. The second-order valence-electron chi connectivity index (χ2n) is 7.08. The van der Waals surface area contributed by atoms with Crippen molar-refractivity contribution in [3.8, 4) is 0 Å². The summed E-state index contributed by atoms with van der Waals surface area (Å²) in [5.41, 5.74) is 0. The van der Waals surface area contributed by atoms with Crippen LogP contribution in [0.3, 0.4) is 0 Å². The van der Waals surface area contributed by atoms with Crippen molar-refractivity contribution in [3.63, 3.8) is 0 Å². The number of hydrogen-bond acceptors (Lipinski definition) is 3. The van der Waals surface area contributed by atoms with Gasteiger partial charge in [-0.3, -0.25) is 0 Å². The van der Waals surface area contributed by atoms with Crippen LogP contribution in [-0.4, -0.2) is 45.7 Å². The summed E-state index contributed by atoms with van der Waals surface area (Å²) in [5.74, 6) is 2.13. The highest BCUT2D eigenvalue weighted by Gasteiger charge is 2.30. The molecule has 0 bridgehead atoms. The predicted octanol–water partition coefficient (Wildman–Crippen LogP) is 2.46. The highest BCUT2D eigenvalue weighted by molar-refractivity contribution is 7.88. The Morgan fingerprint density at radius 3 is 2.43 bits per heavy atom. The van der Waals surface area contributed by atoms with Gasteiger partial charge in [0.25, 0.3) is 0 Å². The Bertz CT molecular complexity index is 411. The summed E-state index contributed by atoms with van der Waals surface area (Å²) >= 11 is 0. The number of hydrogen-bond donors (Lipinski definition) is 1. The van der Waals surface area contributed by atoms with Gasteiger partial charge in [-0.2, -0.15) is 0 Å². The normalized spacial score (nSPS) is 32.8. The zero-order chi connectivity index (χ0) is 15.3. The fourth-order valence-electron chi connectivity index (χ4n) is 4.25. The fraction of sp³-hybridized carbons (Fsp3) is 1.00. The third-order valence-corrected chi connectivity index (χ3v) is 6.64. The summed E-state index contributed by atoms with van der Waals surface area (Å²) in [6.07, 6.45) is 11.6. The highest BCUT2D eigenvalue weighted by Crippen LogP contribution is 2.35. The van der Waals surface area contributed by atoms with Gasteiger partial charge in [0.15, 0.2) is 0 Å². The van der Waals surface area contributed by atoms with Gasteiger partial charge in [-0.15, -0.1) is 0 Å². The first-order valence-electron chi connectivity index (χ1n) is 8.60. The molecule has 124 valence electrons. The van der Waals surface area contributed by atoms with Crippen LogP contribution in [0.15, 0.2) is 0 Å². The van der Waals surface area contributed by atoms with E-state index in [9.17, 15) is 8.42 Å². The monoisotopic (exact) mass is 316 g/mol. The Morgan fingerprint density at radius 2 is 1.76 bits per heavy atom. The number of sulfonamides is 1. The van der Waals surface area contributed by atoms with Gasteiger partial charge < -0.3 is 5.32 Å². The van der Waals surface area contributed by atoms with E-state index in [0.29, 0.717) is 5.92 Å². The Balaban J connectivity index is 1.94. The standard InChI is InChI=1S/C16H32N2O2S/c1-17-12-16-9-5-3-4-8-15(16)11-14-7-6-10-18(13-14)21(2,19)20/h14-17H,3-13H2,1-2H3. The maximum absolute atomic E-state index is 11.8. The predicted molar refractivity (Wildman–Crippen MR) is 87.7 cm³/mol. The second-order valence-corrected chi connectivity index (χ2v) is 9.06. The van der Waals surface area contributed by atoms with Crippen LogP contribution in [0.2, 0.25) is 0 Å². The lowest BCUT2D eigenvalue weighted by atomic mass is 9.79. The summed E-state index contributed by atoms with van der Waals surface area (Å²) in [4.78, 5) is 0. The van der Waals surface area contributed by atoms with Crippen molar-refractivity contribution in [2.75, 3.05) is 32.9 Å². The SMILES string of the molecule is CNCC1CCCCCC1CC1CCCN(S(C)(=O)=O)C1. The molecular formula is C16H32N2O2S. The van der Waals surface area contributed by atoms with Crippen LogP contribution in [0, 0.1) is 17.8 Å². The molecule has 0 aromatic carbocycles. The van der Waals surface area contributed by atoms with E-state index in [1.54, 1.807) is 4.31 Å². The van der Waals surface area contributed by atoms with Crippen LogP contribution in [0.5, 0.6) is 0 Å². The lowest BCUT2D eigenvalue weighted by molar-refractivity contribution is 0.190. The first-order chi connectivity index (χ1) is 10.0. The first kappa shape index (κ1) is 17.2. The van der Waals surface area contributed by atoms with Crippen LogP contribution in [0.4, 0.5) is 0 Å². The maximum atomic E-state index is 11.8. The molecule has 0 radical (unpaired) electrons. The van der Waals surface area contributed by atoms with Gasteiger partial charge in [-0.05, 0) is 57.0 Å². The van der Waals surface area contributed by atoms with Crippen molar-refractivity contribution in [2.24, 2.45) is 17.8 Å². The average Bonchev–Trinajstić information content (AvgIpc) is 2.65. The molecule has 0 amide bonds. The Morgan fingerprint density at radius 1 is 1.05 bits per heavy atom. The topological polar surface area (TPSA) is 49.4 Å². The van der Waals surface area contributed by atoms with E-state index in [1.165, 1.54) is 51.2 Å². The van der Waals surface area contributed by atoms with E-state index in [0.717, 1.165) is 37.9 Å². The van der Waals surface area contributed by atoms with Crippen LogP contribution in [-0.2, 0) is 10.0 Å². The number of rotatable bonds is 5. The smallest absolute Gasteiger partial charge is 0.211 e. The zero-order valence-corrected chi connectivity index (χ0v) is 14.5. The summed E-state index contributed by atoms with van der Waals surface area (Å²) in [6, 6.07) is 0. The van der Waals surface area contributed by atoms with Crippen molar-refractivity contribution < 1.29 is 8.42 Å². The van der Waals surface area contributed by atoms with Crippen LogP contribution >= 0.6 is 0 Å². The largest absolute Gasteiger partial charge is 0.319 e. The van der Waals surface area contributed by atoms with E-state index in [2.05, 4.69) is 5.32 Å². The second kappa shape index (κ2) is 7.93.